The molecule has 0 aromatic heterocycles. The molecule has 1 amide bonds. The fourth-order valence-electron chi connectivity index (χ4n) is 1.58. The maximum atomic E-state index is 11.7. The van der Waals surface area contributed by atoms with Gasteiger partial charge in [-0.25, -0.2) is 0 Å². The first kappa shape index (κ1) is 15.2. The van der Waals surface area contributed by atoms with Gasteiger partial charge in [0.25, 0.3) is 0 Å². The Balaban J connectivity index is 2.50. The molecule has 5 heteroatoms. The maximum Gasteiger partial charge on any atom is 0.224 e. The van der Waals surface area contributed by atoms with Crippen molar-refractivity contribution in [3.8, 4) is 0 Å². The topological polar surface area (TPSA) is 70.9 Å². The normalized spacial score (nSPS) is 11.4. The van der Waals surface area contributed by atoms with Crippen molar-refractivity contribution in [3.63, 3.8) is 0 Å². The summed E-state index contributed by atoms with van der Waals surface area (Å²) in [5.74, 6) is -0.0459. The molecule has 0 aliphatic heterocycles. The maximum absolute atomic E-state index is 11.7. The van der Waals surface area contributed by atoms with Gasteiger partial charge in [0.2, 0.25) is 5.91 Å². The van der Waals surface area contributed by atoms with E-state index >= 15 is 0 Å². The van der Waals surface area contributed by atoms with Gasteiger partial charge in [0, 0.05) is 30.9 Å². The Kier molecular flexibility index (Phi) is 6.60. The molecule has 0 spiro atoms. The quantitative estimate of drug-likeness (QED) is 0.344. The summed E-state index contributed by atoms with van der Waals surface area (Å²) < 4.78 is 5.18. The number of carbonyl (C=O) groups is 1. The SMILES string of the molecule is CCOCCCC(=O)Nc1cccc(C(C)=NO)c1. The predicted molar refractivity (Wildman–Crippen MR) is 74.8 cm³/mol. The number of benzene rings is 1. The van der Waals surface area contributed by atoms with Crippen LogP contribution in [0.15, 0.2) is 29.4 Å². The third-order valence-electron chi connectivity index (χ3n) is 2.61. The monoisotopic (exact) mass is 264 g/mol. The zero-order valence-corrected chi connectivity index (χ0v) is 11.3. The smallest absolute Gasteiger partial charge is 0.224 e. The van der Waals surface area contributed by atoms with Crippen LogP contribution in [0.1, 0.15) is 32.3 Å². The minimum Gasteiger partial charge on any atom is -0.411 e. The van der Waals surface area contributed by atoms with Crippen molar-refractivity contribution >= 4 is 17.3 Å². The van der Waals surface area contributed by atoms with Crippen LogP contribution < -0.4 is 5.32 Å². The van der Waals surface area contributed by atoms with Gasteiger partial charge in [-0.3, -0.25) is 4.79 Å². The Bertz CT molecular complexity index is 444. The molecular weight excluding hydrogens is 244 g/mol. The lowest BCUT2D eigenvalue weighted by molar-refractivity contribution is -0.116. The second kappa shape index (κ2) is 8.26. The van der Waals surface area contributed by atoms with Crippen LogP contribution in [0.4, 0.5) is 5.69 Å². The molecule has 0 bridgehead atoms. The van der Waals surface area contributed by atoms with E-state index in [-0.39, 0.29) is 5.91 Å². The van der Waals surface area contributed by atoms with Gasteiger partial charge in [0.15, 0.2) is 0 Å². The van der Waals surface area contributed by atoms with E-state index in [1.54, 1.807) is 25.1 Å². The lowest BCUT2D eigenvalue weighted by atomic mass is 10.1. The third kappa shape index (κ3) is 5.52. The van der Waals surface area contributed by atoms with Crippen LogP contribution in [0.5, 0.6) is 0 Å². The van der Waals surface area contributed by atoms with Crippen molar-refractivity contribution in [2.24, 2.45) is 5.16 Å². The van der Waals surface area contributed by atoms with Crippen LogP contribution in [-0.4, -0.2) is 30.0 Å². The molecule has 2 N–H and O–H groups in total. The molecular formula is C14H20N2O3. The van der Waals surface area contributed by atoms with Gasteiger partial charge in [0.1, 0.15) is 0 Å². The van der Waals surface area contributed by atoms with Gasteiger partial charge in [-0.05, 0) is 32.4 Å². The zero-order valence-electron chi connectivity index (χ0n) is 11.3. The largest absolute Gasteiger partial charge is 0.411 e. The van der Waals surface area contributed by atoms with E-state index in [0.717, 1.165) is 5.56 Å². The predicted octanol–water partition coefficient (Wildman–Crippen LogP) is 2.64. The Morgan fingerprint density at radius 1 is 1.47 bits per heavy atom. The number of hydrogen-bond acceptors (Lipinski definition) is 4. The highest BCUT2D eigenvalue weighted by Gasteiger charge is 2.04. The number of hydrogen-bond donors (Lipinski definition) is 2. The highest BCUT2D eigenvalue weighted by Crippen LogP contribution is 2.12. The summed E-state index contributed by atoms with van der Waals surface area (Å²) in [5, 5.41) is 14.7. The van der Waals surface area contributed by atoms with E-state index in [2.05, 4.69) is 10.5 Å². The van der Waals surface area contributed by atoms with E-state index in [0.29, 0.717) is 37.5 Å². The van der Waals surface area contributed by atoms with E-state index in [1.165, 1.54) is 0 Å². The average molecular weight is 264 g/mol. The molecule has 0 radical (unpaired) electrons. The van der Waals surface area contributed by atoms with Crippen molar-refractivity contribution in [1.82, 2.24) is 0 Å². The molecule has 104 valence electrons. The Hall–Kier alpha value is -1.88. The number of amides is 1. The fraction of sp³-hybridized carbons (Fsp3) is 0.429. The van der Waals surface area contributed by atoms with Crippen molar-refractivity contribution in [1.29, 1.82) is 0 Å². The van der Waals surface area contributed by atoms with Crippen LogP contribution >= 0.6 is 0 Å². The fourth-order valence-corrected chi connectivity index (χ4v) is 1.58. The standard InChI is InChI=1S/C14H20N2O3/c1-3-19-9-5-8-14(17)15-13-7-4-6-12(10-13)11(2)16-18/h4,6-7,10,18H,3,5,8-9H2,1-2H3,(H,15,17). The highest BCUT2D eigenvalue weighted by atomic mass is 16.5. The Morgan fingerprint density at radius 2 is 2.26 bits per heavy atom. The van der Waals surface area contributed by atoms with Crippen LogP contribution in [0.3, 0.4) is 0 Å². The van der Waals surface area contributed by atoms with Crippen LogP contribution in [0.25, 0.3) is 0 Å². The summed E-state index contributed by atoms with van der Waals surface area (Å²) in [7, 11) is 0. The van der Waals surface area contributed by atoms with Crippen molar-refractivity contribution < 1.29 is 14.7 Å². The molecule has 0 aliphatic rings. The number of rotatable bonds is 7. The Labute approximate surface area is 113 Å². The second-order valence-corrected chi connectivity index (χ2v) is 4.11. The Morgan fingerprint density at radius 3 is 2.95 bits per heavy atom. The van der Waals surface area contributed by atoms with E-state index < -0.39 is 0 Å². The number of carbonyl (C=O) groups excluding carboxylic acids is 1. The first-order valence-corrected chi connectivity index (χ1v) is 6.34. The van der Waals surface area contributed by atoms with Gasteiger partial charge in [0.05, 0.1) is 5.71 Å². The summed E-state index contributed by atoms with van der Waals surface area (Å²) in [4.78, 5) is 11.7. The van der Waals surface area contributed by atoms with Crippen molar-refractivity contribution in [2.75, 3.05) is 18.5 Å². The number of anilines is 1. The molecule has 0 saturated heterocycles. The minimum atomic E-state index is -0.0459. The molecule has 1 aromatic carbocycles. The van der Waals surface area contributed by atoms with Gasteiger partial charge in [-0.2, -0.15) is 0 Å². The van der Waals surface area contributed by atoms with Crippen LogP contribution in [-0.2, 0) is 9.53 Å². The van der Waals surface area contributed by atoms with E-state index in [9.17, 15) is 4.79 Å². The third-order valence-corrected chi connectivity index (χ3v) is 2.61. The average Bonchev–Trinajstić information content (AvgIpc) is 2.43. The minimum absolute atomic E-state index is 0.0459. The lowest BCUT2D eigenvalue weighted by Crippen LogP contribution is -2.12. The van der Waals surface area contributed by atoms with Gasteiger partial charge >= 0.3 is 0 Å². The van der Waals surface area contributed by atoms with Gasteiger partial charge in [-0.1, -0.05) is 17.3 Å². The van der Waals surface area contributed by atoms with Crippen LogP contribution in [0, 0.1) is 0 Å². The molecule has 5 nitrogen and oxygen atoms in total. The number of nitrogens with one attached hydrogen (secondary N) is 1. The van der Waals surface area contributed by atoms with Gasteiger partial charge in [-0.15, -0.1) is 0 Å². The molecule has 0 saturated carbocycles. The molecule has 0 atom stereocenters. The summed E-state index contributed by atoms with van der Waals surface area (Å²) in [6, 6.07) is 7.20. The molecule has 19 heavy (non-hydrogen) atoms. The molecule has 0 unspecified atom stereocenters. The number of ether oxygens (including phenoxy) is 1. The number of nitrogens with zero attached hydrogens (tertiary/aromatic N) is 1. The first-order chi connectivity index (χ1) is 9.17. The van der Waals surface area contributed by atoms with E-state index in [4.69, 9.17) is 9.94 Å². The molecule has 1 rings (SSSR count). The molecule has 1 aromatic rings. The summed E-state index contributed by atoms with van der Waals surface area (Å²) >= 11 is 0. The van der Waals surface area contributed by atoms with Crippen molar-refractivity contribution in [2.45, 2.75) is 26.7 Å². The zero-order chi connectivity index (χ0) is 14.1. The van der Waals surface area contributed by atoms with Crippen LogP contribution in [0.2, 0.25) is 0 Å². The van der Waals surface area contributed by atoms with E-state index in [1.807, 2.05) is 13.0 Å². The number of oxime groups is 1. The summed E-state index contributed by atoms with van der Waals surface area (Å²) in [6.07, 6.45) is 1.13. The first-order valence-electron chi connectivity index (χ1n) is 6.34. The molecule has 0 fully saturated rings. The van der Waals surface area contributed by atoms with Gasteiger partial charge < -0.3 is 15.3 Å². The second-order valence-electron chi connectivity index (χ2n) is 4.11. The van der Waals surface area contributed by atoms with Crippen molar-refractivity contribution in [3.05, 3.63) is 29.8 Å². The summed E-state index contributed by atoms with van der Waals surface area (Å²) in [5.41, 5.74) is 1.98. The lowest BCUT2D eigenvalue weighted by Gasteiger charge is -2.07. The highest BCUT2D eigenvalue weighted by molar-refractivity contribution is 6.00. The molecule has 0 heterocycles. The summed E-state index contributed by atoms with van der Waals surface area (Å²) in [6.45, 7) is 4.89. The molecule has 0 aliphatic carbocycles.